The molecule has 0 aromatic heterocycles. The predicted molar refractivity (Wildman–Crippen MR) is 96.0 cm³/mol. The van der Waals surface area contributed by atoms with Crippen LogP contribution in [-0.2, 0) is 0 Å². The highest BCUT2D eigenvalue weighted by Crippen LogP contribution is 2.50. The lowest BCUT2D eigenvalue weighted by molar-refractivity contribution is 0.271. The monoisotopic (exact) mass is 320 g/mol. The van der Waals surface area contributed by atoms with Gasteiger partial charge in [0.2, 0.25) is 0 Å². The molecule has 1 saturated carbocycles. The van der Waals surface area contributed by atoms with Crippen molar-refractivity contribution >= 4 is 29.1 Å². The topological polar surface area (TPSA) is 9.23 Å². The lowest BCUT2D eigenvalue weighted by Gasteiger charge is -2.19. The Hall–Kier alpha value is -0.540. The van der Waals surface area contributed by atoms with E-state index in [1.54, 1.807) is 9.81 Å². The van der Waals surface area contributed by atoms with Crippen molar-refractivity contribution in [1.82, 2.24) is 0 Å². The molecule has 1 saturated heterocycles. The Morgan fingerprint density at radius 2 is 1.81 bits per heavy atom. The highest BCUT2D eigenvalue weighted by molar-refractivity contribution is 8.23. The first-order chi connectivity index (χ1) is 10.2. The van der Waals surface area contributed by atoms with E-state index < -0.39 is 0 Å². The molecular formula is C18H24OS2. The van der Waals surface area contributed by atoms with Gasteiger partial charge in [0.1, 0.15) is 5.75 Å². The second-order valence-electron chi connectivity index (χ2n) is 6.26. The van der Waals surface area contributed by atoms with Crippen molar-refractivity contribution in [1.29, 1.82) is 0 Å². The summed E-state index contributed by atoms with van der Waals surface area (Å²) in [4.78, 5) is 0. The van der Waals surface area contributed by atoms with Crippen LogP contribution in [0.3, 0.4) is 0 Å². The lowest BCUT2D eigenvalue weighted by atomic mass is 10.0. The minimum absolute atomic E-state index is 0.573. The third-order valence-electron chi connectivity index (χ3n) is 3.71. The van der Waals surface area contributed by atoms with E-state index in [0.717, 1.165) is 18.3 Å². The van der Waals surface area contributed by atoms with E-state index in [1.165, 1.54) is 36.3 Å². The van der Waals surface area contributed by atoms with Crippen LogP contribution in [-0.4, -0.2) is 18.1 Å². The normalized spacial score (nSPS) is 18.9. The van der Waals surface area contributed by atoms with E-state index in [1.807, 2.05) is 0 Å². The van der Waals surface area contributed by atoms with Crippen molar-refractivity contribution in [2.24, 2.45) is 11.8 Å². The van der Waals surface area contributed by atoms with Gasteiger partial charge in [0, 0.05) is 4.24 Å². The minimum Gasteiger partial charge on any atom is -0.493 e. The van der Waals surface area contributed by atoms with E-state index >= 15 is 0 Å². The van der Waals surface area contributed by atoms with Crippen LogP contribution in [0.1, 0.15) is 38.7 Å². The summed E-state index contributed by atoms with van der Waals surface area (Å²) >= 11 is 4.13. The number of rotatable bonds is 5. The molecule has 0 amide bonds. The lowest BCUT2D eigenvalue weighted by Crippen LogP contribution is -2.04. The Balaban J connectivity index is 1.77. The van der Waals surface area contributed by atoms with Gasteiger partial charge in [-0.05, 0) is 65.9 Å². The van der Waals surface area contributed by atoms with Crippen molar-refractivity contribution in [2.45, 2.75) is 33.1 Å². The maximum Gasteiger partial charge on any atom is 0.119 e. The molecule has 2 fully saturated rings. The van der Waals surface area contributed by atoms with Crippen molar-refractivity contribution < 1.29 is 4.74 Å². The molecule has 1 aliphatic heterocycles. The number of hydrogen-bond acceptors (Lipinski definition) is 3. The highest BCUT2D eigenvalue weighted by Gasteiger charge is 2.30. The van der Waals surface area contributed by atoms with Crippen LogP contribution in [0.15, 0.2) is 28.5 Å². The van der Waals surface area contributed by atoms with E-state index in [2.05, 4.69) is 61.6 Å². The molecule has 1 heterocycles. The largest absolute Gasteiger partial charge is 0.493 e. The number of benzene rings is 1. The summed E-state index contributed by atoms with van der Waals surface area (Å²) in [5, 5.41) is 0. The van der Waals surface area contributed by atoms with Gasteiger partial charge in [-0.15, -0.1) is 23.5 Å². The molecule has 0 radical (unpaired) electrons. The second-order valence-corrected chi connectivity index (χ2v) is 8.72. The zero-order valence-corrected chi connectivity index (χ0v) is 14.6. The van der Waals surface area contributed by atoms with Crippen LogP contribution in [0, 0.1) is 11.8 Å². The third-order valence-corrected chi connectivity index (χ3v) is 6.37. The summed E-state index contributed by atoms with van der Waals surface area (Å²) < 4.78 is 7.38. The molecule has 1 aromatic carbocycles. The Morgan fingerprint density at radius 3 is 2.38 bits per heavy atom. The molecule has 0 spiro atoms. The molecule has 0 bridgehead atoms. The van der Waals surface area contributed by atoms with Gasteiger partial charge in [-0.1, -0.05) is 26.0 Å². The van der Waals surface area contributed by atoms with Gasteiger partial charge < -0.3 is 4.74 Å². The average molecular weight is 321 g/mol. The van der Waals surface area contributed by atoms with Crippen LogP contribution >= 0.6 is 23.5 Å². The fourth-order valence-electron chi connectivity index (χ4n) is 2.47. The third kappa shape index (κ3) is 4.23. The molecule has 21 heavy (non-hydrogen) atoms. The number of allylic oxidation sites excluding steroid dienone is 1. The summed E-state index contributed by atoms with van der Waals surface area (Å²) in [6.07, 6.45) is 4.08. The molecule has 1 aromatic rings. The quantitative estimate of drug-likeness (QED) is 0.691. The van der Waals surface area contributed by atoms with E-state index in [-0.39, 0.29) is 0 Å². The summed E-state index contributed by atoms with van der Waals surface area (Å²) in [5.41, 5.74) is 3.02. The summed E-state index contributed by atoms with van der Waals surface area (Å²) in [5.74, 6) is 4.95. The molecule has 3 heteroatoms. The van der Waals surface area contributed by atoms with Crippen molar-refractivity contribution in [3.05, 3.63) is 34.1 Å². The van der Waals surface area contributed by atoms with Gasteiger partial charge in [0.15, 0.2) is 0 Å². The SMILES string of the molecule is CC(C)COc1ccc(C(=C2SCCCS2)C2CC2)cc1. The predicted octanol–water partition coefficient (Wildman–Crippen LogP) is 5.67. The van der Waals surface area contributed by atoms with E-state index in [4.69, 9.17) is 4.74 Å². The first kappa shape index (κ1) is 15.4. The van der Waals surface area contributed by atoms with Crippen molar-refractivity contribution in [3.8, 4) is 5.75 Å². The van der Waals surface area contributed by atoms with Crippen molar-refractivity contribution in [3.63, 3.8) is 0 Å². The Morgan fingerprint density at radius 1 is 1.14 bits per heavy atom. The van der Waals surface area contributed by atoms with Crippen LogP contribution in [0.4, 0.5) is 0 Å². The van der Waals surface area contributed by atoms with Crippen molar-refractivity contribution in [2.75, 3.05) is 18.1 Å². The van der Waals surface area contributed by atoms with E-state index in [0.29, 0.717) is 5.92 Å². The van der Waals surface area contributed by atoms with Crippen LogP contribution in [0.2, 0.25) is 0 Å². The Labute approximate surface area is 136 Å². The van der Waals surface area contributed by atoms with E-state index in [9.17, 15) is 0 Å². The molecule has 3 rings (SSSR count). The highest BCUT2D eigenvalue weighted by atomic mass is 32.2. The molecule has 0 atom stereocenters. The maximum atomic E-state index is 5.80. The molecule has 0 unspecified atom stereocenters. The number of hydrogen-bond donors (Lipinski definition) is 0. The van der Waals surface area contributed by atoms with Gasteiger partial charge in [-0.3, -0.25) is 0 Å². The maximum absolute atomic E-state index is 5.80. The molecule has 0 N–H and O–H groups in total. The minimum atomic E-state index is 0.573. The van der Waals surface area contributed by atoms with Gasteiger partial charge in [0.25, 0.3) is 0 Å². The summed E-state index contributed by atoms with van der Waals surface area (Å²) in [6.45, 7) is 5.16. The zero-order chi connectivity index (χ0) is 14.7. The fraction of sp³-hybridized carbons (Fsp3) is 0.556. The Bertz CT molecular complexity index is 492. The molecule has 114 valence electrons. The van der Waals surface area contributed by atoms with Gasteiger partial charge in [-0.2, -0.15) is 0 Å². The van der Waals surface area contributed by atoms with Gasteiger partial charge in [-0.25, -0.2) is 0 Å². The van der Waals surface area contributed by atoms with Gasteiger partial charge in [0.05, 0.1) is 6.61 Å². The van der Waals surface area contributed by atoms with Crippen LogP contribution in [0.5, 0.6) is 5.75 Å². The fourth-order valence-corrected chi connectivity index (χ4v) is 5.32. The summed E-state index contributed by atoms with van der Waals surface area (Å²) in [6, 6.07) is 8.79. The summed E-state index contributed by atoms with van der Waals surface area (Å²) in [7, 11) is 0. The molecule has 1 nitrogen and oxygen atoms in total. The first-order valence-corrected chi connectivity index (χ1v) is 9.94. The standard InChI is InChI=1S/C18H24OS2/c1-13(2)12-19-16-8-6-15(7-9-16)17(14-4-5-14)18-20-10-3-11-21-18/h6-9,13-14H,3-5,10-12H2,1-2H3. The Kier molecular flexibility index (Phi) is 5.23. The first-order valence-electron chi connectivity index (χ1n) is 7.97. The smallest absolute Gasteiger partial charge is 0.119 e. The molecule has 1 aliphatic carbocycles. The number of ether oxygens (including phenoxy) is 1. The van der Waals surface area contributed by atoms with Gasteiger partial charge >= 0.3 is 0 Å². The van der Waals surface area contributed by atoms with Crippen LogP contribution in [0.25, 0.3) is 5.57 Å². The molecule has 2 aliphatic rings. The zero-order valence-electron chi connectivity index (χ0n) is 12.9. The second kappa shape index (κ2) is 7.15. The average Bonchev–Trinajstić information content (AvgIpc) is 3.32. The van der Waals surface area contributed by atoms with Crippen LogP contribution < -0.4 is 4.74 Å². The molecular weight excluding hydrogens is 296 g/mol. The number of thioether (sulfide) groups is 2.